The van der Waals surface area contributed by atoms with Crippen LogP contribution in [0.1, 0.15) is 43.7 Å². The zero-order valence-corrected chi connectivity index (χ0v) is 12.0. The van der Waals surface area contributed by atoms with E-state index in [2.05, 4.69) is 24.4 Å². The minimum absolute atomic E-state index is 0.0941. The zero-order chi connectivity index (χ0) is 14.4. The molecule has 0 spiro atoms. The fourth-order valence-electron chi connectivity index (χ4n) is 2.55. The molecule has 0 saturated heterocycles. The van der Waals surface area contributed by atoms with E-state index in [-0.39, 0.29) is 11.9 Å². The molecule has 1 saturated carbocycles. The predicted octanol–water partition coefficient (Wildman–Crippen LogP) is 2.68. The molecule has 0 bridgehead atoms. The molecule has 3 heteroatoms. The maximum Gasteiger partial charge on any atom is 0.244 e. The topological polar surface area (TPSA) is 49.3 Å². The second kappa shape index (κ2) is 7.25. The van der Waals surface area contributed by atoms with Gasteiger partial charge < -0.3 is 10.4 Å². The number of carbonyl (C=O) groups excluding carboxylic acids is 1. The molecule has 0 radical (unpaired) electrons. The summed E-state index contributed by atoms with van der Waals surface area (Å²) in [6.45, 7) is 2.12. The number of aliphatic hydroxyl groups excluding tert-OH is 1. The van der Waals surface area contributed by atoms with Gasteiger partial charge in [-0.25, -0.2) is 0 Å². The lowest BCUT2D eigenvalue weighted by Crippen LogP contribution is -2.44. The molecule has 1 fully saturated rings. The van der Waals surface area contributed by atoms with Gasteiger partial charge in [-0.15, -0.1) is 0 Å². The first kappa shape index (κ1) is 14.8. The van der Waals surface area contributed by atoms with E-state index < -0.39 is 6.10 Å². The van der Waals surface area contributed by atoms with Gasteiger partial charge in [0.2, 0.25) is 5.91 Å². The number of benzene rings is 1. The van der Waals surface area contributed by atoms with E-state index in [0.717, 1.165) is 37.7 Å². The Morgan fingerprint density at radius 1 is 1.30 bits per heavy atom. The molecule has 3 nitrogen and oxygen atoms in total. The van der Waals surface area contributed by atoms with E-state index in [0.29, 0.717) is 0 Å². The van der Waals surface area contributed by atoms with Crippen LogP contribution < -0.4 is 5.32 Å². The van der Waals surface area contributed by atoms with Crippen LogP contribution in [0.3, 0.4) is 0 Å². The van der Waals surface area contributed by atoms with Gasteiger partial charge in [-0.3, -0.25) is 4.79 Å². The maximum atomic E-state index is 11.8. The number of carbonyl (C=O) groups is 1. The molecule has 0 unspecified atom stereocenters. The summed E-state index contributed by atoms with van der Waals surface area (Å²) in [5, 5.41) is 12.7. The van der Waals surface area contributed by atoms with E-state index in [9.17, 15) is 9.90 Å². The third-order valence-corrected chi connectivity index (χ3v) is 3.87. The van der Waals surface area contributed by atoms with Crippen LogP contribution in [0.15, 0.2) is 30.3 Å². The van der Waals surface area contributed by atoms with Crippen LogP contribution >= 0.6 is 0 Å². The number of aryl methyl sites for hydroxylation is 1. The van der Waals surface area contributed by atoms with Gasteiger partial charge in [-0.1, -0.05) is 44.0 Å². The first-order chi connectivity index (χ1) is 9.69. The Labute approximate surface area is 120 Å². The normalized spacial score (nSPS) is 22.9. The zero-order valence-electron chi connectivity index (χ0n) is 12.0. The third kappa shape index (κ3) is 4.20. The van der Waals surface area contributed by atoms with Gasteiger partial charge >= 0.3 is 0 Å². The largest absolute Gasteiger partial charge is 0.391 e. The average Bonchev–Trinajstić information content (AvgIpc) is 2.48. The lowest BCUT2D eigenvalue weighted by Gasteiger charge is -2.27. The number of aliphatic hydroxyl groups is 1. The molecule has 1 aliphatic rings. The van der Waals surface area contributed by atoms with Crippen LogP contribution in [0, 0.1) is 0 Å². The van der Waals surface area contributed by atoms with Crippen molar-refractivity contribution < 1.29 is 9.90 Å². The van der Waals surface area contributed by atoms with Gasteiger partial charge in [0.05, 0.1) is 12.1 Å². The highest BCUT2D eigenvalue weighted by molar-refractivity contribution is 5.91. The monoisotopic (exact) mass is 273 g/mol. The molecule has 0 heterocycles. The second-order valence-corrected chi connectivity index (χ2v) is 5.40. The Hall–Kier alpha value is -1.61. The molecule has 20 heavy (non-hydrogen) atoms. The molecule has 1 aliphatic carbocycles. The first-order valence-electron chi connectivity index (χ1n) is 7.44. The molecule has 108 valence electrons. The Morgan fingerprint density at radius 2 is 2.00 bits per heavy atom. The molecule has 2 N–H and O–H groups in total. The Morgan fingerprint density at radius 3 is 2.65 bits per heavy atom. The third-order valence-electron chi connectivity index (χ3n) is 3.87. The van der Waals surface area contributed by atoms with Crippen molar-refractivity contribution in [1.29, 1.82) is 0 Å². The number of amides is 1. The minimum Gasteiger partial charge on any atom is -0.391 e. The second-order valence-electron chi connectivity index (χ2n) is 5.40. The number of rotatable bonds is 4. The van der Waals surface area contributed by atoms with Gasteiger partial charge in [0.15, 0.2) is 0 Å². The Bertz CT molecular complexity index is 464. The molecule has 0 aliphatic heterocycles. The summed E-state index contributed by atoms with van der Waals surface area (Å²) in [5.41, 5.74) is 2.30. The average molecular weight is 273 g/mol. The smallest absolute Gasteiger partial charge is 0.244 e. The molecular weight excluding hydrogens is 250 g/mol. The van der Waals surface area contributed by atoms with Gasteiger partial charge in [0.1, 0.15) is 0 Å². The number of hydrogen-bond acceptors (Lipinski definition) is 2. The minimum atomic E-state index is -0.398. The van der Waals surface area contributed by atoms with Crippen molar-refractivity contribution in [2.75, 3.05) is 0 Å². The van der Waals surface area contributed by atoms with Gasteiger partial charge in [0.25, 0.3) is 0 Å². The van der Waals surface area contributed by atoms with Crippen molar-refractivity contribution >= 4 is 12.0 Å². The summed E-state index contributed by atoms with van der Waals surface area (Å²) >= 11 is 0. The van der Waals surface area contributed by atoms with Crippen LogP contribution in [-0.4, -0.2) is 23.2 Å². The summed E-state index contributed by atoms with van der Waals surface area (Å²) in [6.07, 6.45) is 7.75. The van der Waals surface area contributed by atoms with Gasteiger partial charge in [-0.05, 0) is 36.5 Å². The quantitative estimate of drug-likeness (QED) is 0.829. The van der Waals surface area contributed by atoms with Crippen molar-refractivity contribution in [2.24, 2.45) is 0 Å². The SMILES string of the molecule is CCc1ccc(/C=C/C(=O)N[C@@H]2CCCC[C@H]2O)cc1. The van der Waals surface area contributed by atoms with Gasteiger partial charge in [0, 0.05) is 6.08 Å². The summed E-state index contributed by atoms with van der Waals surface area (Å²) in [5.74, 6) is -0.129. The molecule has 2 rings (SSSR count). The lowest BCUT2D eigenvalue weighted by molar-refractivity contribution is -0.118. The Balaban J connectivity index is 1.87. The first-order valence-corrected chi connectivity index (χ1v) is 7.44. The fourth-order valence-corrected chi connectivity index (χ4v) is 2.55. The number of nitrogens with one attached hydrogen (secondary N) is 1. The highest BCUT2D eigenvalue weighted by Gasteiger charge is 2.23. The van der Waals surface area contributed by atoms with Crippen molar-refractivity contribution in [3.63, 3.8) is 0 Å². The maximum absolute atomic E-state index is 11.8. The van der Waals surface area contributed by atoms with Crippen molar-refractivity contribution in [3.05, 3.63) is 41.5 Å². The predicted molar refractivity (Wildman–Crippen MR) is 81.3 cm³/mol. The summed E-state index contributed by atoms with van der Waals surface area (Å²) in [7, 11) is 0. The summed E-state index contributed by atoms with van der Waals surface area (Å²) in [4.78, 5) is 11.8. The fraction of sp³-hybridized carbons (Fsp3) is 0.471. The van der Waals surface area contributed by atoms with Crippen LogP contribution in [0.25, 0.3) is 6.08 Å². The highest BCUT2D eigenvalue weighted by atomic mass is 16.3. The van der Waals surface area contributed by atoms with E-state index >= 15 is 0 Å². The van der Waals surface area contributed by atoms with E-state index in [1.54, 1.807) is 6.08 Å². The number of hydrogen-bond donors (Lipinski definition) is 2. The summed E-state index contributed by atoms with van der Waals surface area (Å²) < 4.78 is 0. The molecule has 1 aromatic carbocycles. The summed E-state index contributed by atoms with van der Waals surface area (Å²) in [6, 6.07) is 8.07. The molecule has 2 atom stereocenters. The van der Waals surface area contributed by atoms with Crippen molar-refractivity contribution in [2.45, 2.75) is 51.2 Å². The van der Waals surface area contributed by atoms with Crippen LogP contribution in [0.4, 0.5) is 0 Å². The van der Waals surface area contributed by atoms with E-state index in [4.69, 9.17) is 0 Å². The van der Waals surface area contributed by atoms with Crippen LogP contribution in [0.5, 0.6) is 0 Å². The Kier molecular flexibility index (Phi) is 5.36. The molecule has 0 aromatic heterocycles. The molecular formula is C17H23NO2. The molecule has 1 aromatic rings. The van der Waals surface area contributed by atoms with Crippen molar-refractivity contribution in [1.82, 2.24) is 5.32 Å². The van der Waals surface area contributed by atoms with E-state index in [1.165, 1.54) is 5.56 Å². The van der Waals surface area contributed by atoms with Crippen LogP contribution in [-0.2, 0) is 11.2 Å². The van der Waals surface area contributed by atoms with Crippen LogP contribution in [0.2, 0.25) is 0 Å². The standard InChI is InChI=1S/C17H23NO2/c1-2-13-7-9-14(10-8-13)11-12-17(20)18-15-5-3-4-6-16(15)19/h7-12,15-16,19H,2-6H2,1H3,(H,18,20)/b12-11+/t15-,16-/m1/s1. The highest BCUT2D eigenvalue weighted by Crippen LogP contribution is 2.18. The van der Waals surface area contributed by atoms with Crippen molar-refractivity contribution in [3.8, 4) is 0 Å². The van der Waals surface area contributed by atoms with Gasteiger partial charge in [-0.2, -0.15) is 0 Å². The molecule has 1 amide bonds. The lowest BCUT2D eigenvalue weighted by atomic mass is 9.92. The van der Waals surface area contributed by atoms with E-state index in [1.807, 2.05) is 18.2 Å².